The van der Waals surface area contributed by atoms with Gasteiger partial charge in [-0.2, -0.15) is 0 Å². The molecule has 0 radical (unpaired) electrons. The number of aliphatic carboxylic acids is 1. The smallest absolute Gasteiger partial charge is 0.336 e. The Balaban J connectivity index is 3.32. The maximum absolute atomic E-state index is 11.1. The molecule has 0 aliphatic rings. The highest BCUT2D eigenvalue weighted by molar-refractivity contribution is 6.16. The highest BCUT2D eigenvalue weighted by Crippen LogP contribution is 2.21. The third-order valence-electron chi connectivity index (χ3n) is 2.51. The molecule has 0 saturated carbocycles. The van der Waals surface area contributed by atoms with E-state index in [9.17, 15) is 4.79 Å². The van der Waals surface area contributed by atoms with Crippen LogP contribution in [0.5, 0.6) is 0 Å². The summed E-state index contributed by atoms with van der Waals surface area (Å²) in [6.45, 7) is 7.64. The van der Waals surface area contributed by atoms with Crippen molar-refractivity contribution in [1.29, 1.82) is 0 Å². The van der Waals surface area contributed by atoms with Crippen molar-refractivity contribution in [1.82, 2.24) is 0 Å². The van der Waals surface area contributed by atoms with Crippen LogP contribution in [-0.2, 0) is 4.79 Å². The van der Waals surface area contributed by atoms with Crippen LogP contribution in [0.4, 0.5) is 0 Å². The number of benzene rings is 1. The zero-order valence-electron chi connectivity index (χ0n) is 9.59. The molecule has 2 heteroatoms. The molecule has 1 aromatic rings. The van der Waals surface area contributed by atoms with Gasteiger partial charge in [0.15, 0.2) is 0 Å². The average molecular weight is 204 g/mol. The monoisotopic (exact) mass is 204 g/mol. The van der Waals surface area contributed by atoms with Crippen LogP contribution in [0.15, 0.2) is 23.8 Å². The van der Waals surface area contributed by atoms with E-state index >= 15 is 0 Å². The molecule has 0 heterocycles. The minimum absolute atomic E-state index is 0.401. The summed E-state index contributed by atoms with van der Waals surface area (Å²) in [5.41, 5.74) is 4.30. The minimum atomic E-state index is -0.863. The molecule has 2 nitrogen and oxygen atoms in total. The summed E-state index contributed by atoms with van der Waals surface area (Å²) in [6, 6.07) is 5.74. The molecule has 0 fully saturated rings. The van der Waals surface area contributed by atoms with Crippen LogP contribution in [0.25, 0.3) is 5.57 Å². The molecule has 80 valence electrons. The maximum atomic E-state index is 11.1. The van der Waals surface area contributed by atoms with Crippen molar-refractivity contribution in [3.8, 4) is 0 Å². The zero-order valence-corrected chi connectivity index (χ0v) is 9.59. The largest absolute Gasteiger partial charge is 0.478 e. The Bertz CT molecular complexity index is 424. The molecule has 1 rings (SSSR count). The Morgan fingerprint density at radius 1 is 1.13 bits per heavy atom. The van der Waals surface area contributed by atoms with Gasteiger partial charge in [0.05, 0.1) is 5.57 Å². The number of rotatable bonds is 2. The van der Waals surface area contributed by atoms with E-state index in [-0.39, 0.29) is 0 Å². The molecule has 0 spiro atoms. The molecule has 0 amide bonds. The van der Waals surface area contributed by atoms with Gasteiger partial charge < -0.3 is 5.11 Å². The second-order valence-electron chi connectivity index (χ2n) is 3.98. The van der Waals surface area contributed by atoms with E-state index in [1.807, 2.05) is 45.9 Å². The average Bonchev–Trinajstić information content (AvgIpc) is 2.10. The van der Waals surface area contributed by atoms with Gasteiger partial charge in [-0.25, -0.2) is 4.79 Å². The van der Waals surface area contributed by atoms with Gasteiger partial charge in [-0.15, -0.1) is 0 Å². The maximum Gasteiger partial charge on any atom is 0.336 e. The lowest BCUT2D eigenvalue weighted by Gasteiger charge is -2.07. The number of allylic oxidation sites excluding steroid dienone is 1. The number of carboxylic acid groups (broad SMARTS) is 1. The Morgan fingerprint density at radius 3 is 2.13 bits per heavy atom. The van der Waals surface area contributed by atoms with Crippen LogP contribution in [0.2, 0.25) is 0 Å². The van der Waals surface area contributed by atoms with Crippen LogP contribution in [0, 0.1) is 13.8 Å². The molecule has 15 heavy (non-hydrogen) atoms. The SMILES string of the molecule is CC(C)=C(C(=O)O)c1ccc(C)c(C)c1. The van der Waals surface area contributed by atoms with Crippen molar-refractivity contribution in [2.24, 2.45) is 0 Å². The number of aryl methyl sites for hydroxylation is 2. The Morgan fingerprint density at radius 2 is 1.73 bits per heavy atom. The van der Waals surface area contributed by atoms with Gasteiger partial charge in [-0.1, -0.05) is 23.8 Å². The van der Waals surface area contributed by atoms with Crippen molar-refractivity contribution in [3.63, 3.8) is 0 Å². The first-order chi connectivity index (χ1) is 6.93. The van der Waals surface area contributed by atoms with Gasteiger partial charge in [0, 0.05) is 0 Å². The minimum Gasteiger partial charge on any atom is -0.478 e. The highest BCUT2D eigenvalue weighted by Gasteiger charge is 2.12. The first kappa shape index (κ1) is 11.5. The molecule has 0 aliphatic heterocycles. The number of carbonyl (C=O) groups is 1. The molecule has 0 atom stereocenters. The fourth-order valence-electron chi connectivity index (χ4n) is 1.52. The van der Waals surface area contributed by atoms with Crippen LogP contribution in [0.1, 0.15) is 30.5 Å². The van der Waals surface area contributed by atoms with Crippen molar-refractivity contribution in [2.75, 3.05) is 0 Å². The van der Waals surface area contributed by atoms with Gasteiger partial charge >= 0.3 is 5.97 Å². The third kappa shape index (κ3) is 2.46. The van der Waals surface area contributed by atoms with Crippen LogP contribution in [-0.4, -0.2) is 11.1 Å². The molecule has 1 N–H and O–H groups in total. The van der Waals surface area contributed by atoms with Gasteiger partial charge in [0.25, 0.3) is 0 Å². The number of hydrogen-bond acceptors (Lipinski definition) is 1. The fourth-order valence-corrected chi connectivity index (χ4v) is 1.52. The quantitative estimate of drug-likeness (QED) is 0.751. The summed E-state index contributed by atoms with van der Waals surface area (Å²) >= 11 is 0. The molecular weight excluding hydrogens is 188 g/mol. The summed E-state index contributed by atoms with van der Waals surface area (Å²) in [4.78, 5) is 11.1. The van der Waals surface area contributed by atoms with Crippen molar-refractivity contribution >= 4 is 11.5 Å². The van der Waals surface area contributed by atoms with E-state index < -0.39 is 5.97 Å². The third-order valence-corrected chi connectivity index (χ3v) is 2.51. The van der Waals surface area contributed by atoms with Crippen molar-refractivity contribution in [2.45, 2.75) is 27.7 Å². The topological polar surface area (TPSA) is 37.3 Å². The van der Waals surface area contributed by atoms with E-state index in [0.29, 0.717) is 5.57 Å². The van der Waals surface area contributed by atoms with E-state index in [0.717, 1.165) is 16.7 Å². The second-order valence-corrected chi connectivity index (χ2v) is 3.98. The lowest BCUT2D eigenvalue weighted by molar-refractivity contribution is -0.130. The molecule has 1 aromatic carbocycles. The fraction of sp³-hybridized carbons (Fsp3) is 0.308. The lowest BCUT2D eigenvalue weighted by Crippen LogP contribution is -2.02. The Labute approximate surface area is 90.3 Å². The van der Waals surface area contributed by atoms with Gasteiger partial charge in [-0.3, -0.25) is 0 Å². The zero-order chi connectivity index (χ0) is 11.6. The second kappa shape index (κ2) is 4.30. The standard InChI is InChI=1S/C13H16O2/c1-8(2)12(13(14)15)11-6-5-9(3)10(4)7-11/h5-7H,1-4H3,(H,14,15). The highest BCUT2D eigenvalue weighted by atomic mass is 16.4. The summed E-state index contributed by atoms with van der Waals surface area (Å²) in [6.07, 6.45) is 0. The summed E-state index contributed by atoms with van der Waals surface area (Å²) in [5.74, 6) is -0.863. The molecule has 0 aliphatic carbocycles. The van der Waals surface area contributed by atoms with E-state index in [1.165, 1.54) is 5.56 Å². The molecular formula is C13H16O2. The number of hydrogen-bond donors (Lipinski definition) is 1. The van der Waals surface area contributed by atoms with Gasteiger partial charge in [-0.05, 0) is 44.4 Å². The van der Waals surface area contributed by atoms with Gasteiger partial charge in [0.1, 0.15) is 0 Å². The van der Waals surface area contributed by atoms with E-state index in [4.69, 9.17) is 5.11 Å². The first-order valence-corrected chi connectivity index (χ1v) is 4.92. The van der Waals surface area contributed by atoms with Crippen LogP contribution < -0.4 is 0 Å². The Kier molecular flexibility index (Phi) is 3.30. The molecule has 0 bridgehead atoms. The summed E-state index contributed by atoms with van der Waals surface area (Å²) in [7, 11) is 0. The van der Waals surface area contributed by atoms with Crippen molar-refractivity contribution in [3.05, 3.63) is 40.5 Å². The van der Waals surface area contributed by atoms with Gasteiger partial charge in [0.2, 0.25) is 0 Å². The van der Waals surface area contributed by atoms with Crippen molar-refractivity contribution < 1.29 is 9.90 Å². The molecule has 0 aromatic heterocycles. The summed E-state index contributed by atoms with van der Waals surface area (Å²) in [5, 5.41) is 9.10. The predicted molar refractivity (Wildman–Crippen MR) is 61.8 cm³/mol. The van der Waals surface area contributed by atoms with Crippen LogP contribution >= 0.6 is 0 Å². The molecule has 0 saturated heterocycles. The number of carboxylic acids is 1. The molecule has 0 unspecified atom stereocenters. The predicted octanol–water partition coefficient (Wildman–Crippen LogP) is 3.18. The summed E-state index contributed by atoms with van der Waals surface area (Å²) < 4.78 is 0. The Hall–Kier alpha value is -1.57. The normalized spacial score (nSPS) is 9.87. The lowest BCUT2D eigenvalue weighted by atomic mass is 9.98. The van der Waals surface area contributed by atoms with E-state index in [2.05, 4.69) is 0 Å². The van der Waals surface area contributed by atoms with Crippen LogP contribution in [0.3, 0.4) is 0 Å². The van der Waals surface area contributed by atoms with E-state index in [1.54, 1.807) is 0 Å². The first-order valence-electron chi connectivity index (χ1n) is 4.92.